The van der Waals surface area contributed by atoms with Crippen LogP contribution in [0.1, 0.15) is 77.0 Å². The molecule has 0 aromatic heterocycles. The molecule has 0 unspecified atom stereocenters. The molecule has 2 fully saturated rings. The van der Waals surface area contributed by atoms with Crippen molar-refractivity contribution in [2.75, 3.05) is 20.8 Å². The van der Waals surface area contributed by atoms with E-state index >= 15 is 0 Å². The standard InChI is InChI=1S/C21H36O5/c1-24-21(23)19-11-7-17(8-12-19)10-14-20(22)13-9-16-3-5-18(6-4-16)15-26-25-2/h16-19H,3-15H2,1-2H3. The molecule has 0 heterocycles. The number of carbonyl (C=O) groups is 2. The molecule has 5 heteroatoms. The van der Waals surface area contributed by atoms with Crippen LogP contribution in [-0.4, -0.2) is 32.6 Å². The Morgan fingerprint density at radius 3 is 1.77 bits per heavy atom. The van der Waals surface area contributed by atoms with Gasteiger partial charge < -0.3 is 4.74 Å². The summed E-state index contributed by atoms with van der Waals surface area (Å²) >= 11 is 0. The van der Waals surface area contributed by atoms with Crippen molar-refractivity contribution in [2.45, 2.75) is 77.0 Å². The fourth-order valence-corrected chi connectivity index (χ4v) is 4.56. The number of hydrogen-bond acceptors (Lipinski definition) is 5. The van der Waals surface area contributed by atoms with E-state index in [-0.39, 0.29) is 11.9 Å². The molecule has 26 heavy (non-hydrogen) atoms. The van der Waals surface area contributed by atoms with E-state index in [0.717, 1.165) is 44.9 Å². The maximum Gasteiger partial charge on any atom is 0.308 e. The predicted molar refractivity (Wildman–Crippen MR) is 99.3 cm³/mol. The van der Waals surface area contributed by atoms with Crippen LogP contribution in [0, 0.1) is 23.7 Å². The van der Waals surface area contributed by atoms with Crippen LogP contribution in [0.5, 0.6) is 0 Å². The SMILES string of the molecule is COOCC1CCC(CCC(=O)CCC2CCC(C(=O)OC)CC2)CC1. The molecular formula is C21H36O5. The second-order valence-corrected chi connectivity index (χ2v) is 8.19. The van der Waals surface area contributed by atoms with Crippen molar-refractivity contribution in [1.82, 2.24) is 0 Å². The first-order valence-corrected chi connectivity index (χ1v) is 10.4. The van der Waals surface area contributed by atoms with Crippen LogP contribution in [-0.2, 0) is 24.1 Å². The zero-order chi connectivity index (χ0) is 18.8. The van der Waals surface area contributed by atoms with E-state index < -0.39 is 0 Å². The van der Waals surface area contributed by atoms with Crippen molar-refractivity contribution in [1.29, 1.82) is 0 Å². The minimum absolute atomic E-state index is 0.0666. The fraction of sp³-hybridized carbons (Fsp3) is 0.905. The molecule has 2 aliphatic rings. The Labute approximate surface area is 158 Å². The van der Waals surface area contributed by atoms with Crippen LogP contribution in [0.4, 0.5) is 0 Å². The summed E-state index contributed by atoms with van der Waals surface area (Å²) in [5.74, 6) is 2.36. The highest BCUT2D eigenvalue weighted by molar-refractivity contribution is 5.78. The molecule has 0 N–H and O–H groups in total. The topological polar surface area (TPSA) is 61.8 Å². The van der Waals surface area contributed by atoms with Gasteiger partial charge in [-0.05, 0) is 69.1 Å². The lowest BCUT2D eigenvalue weighted by Crippen LogP contribution is -2.23. The minimum Gasteiger partial charge on any atom is -0.469 e. The van der Waals surface area contributed by atoms with E-state index in [1.54, 1.807) is 7.11 Å². The van der Waals surface area contributed by atoms with Crippen LogP contribution < -0.4 is 0 Å². The Kier molecular flexibility index (Phi) is 9.62. The molecule has 0 atom stereocenters. The quantitative estimate of drug-likeness (QED) is 0.323. The molecule has 5 nitrogen and oxygen atoms in total. The van der Waals surface area contributed by atoms with Gasteiger partial charge in [-0.25, -0.2) is 9.78 Å². The van der Waals surface area contributed by atoms with Crippen molar-refractivity contribution < 1.29 is 24.1 Å². The van der Waals surface area contributed by atoms with Crippen molar-refractivity contribution in [2.24, 2.45) is 23.7 Å². The van der Waals surface area contributed by atoms with E-state index in [1.165, 1.54) is 32.8 Å². The number of ether oxygens (including phenoxy) is 1. The van der Waals surface area contributed by atoms with Crippen molar-refractivity contribution in [3.05, 3.63) is 0 Å². The summed E-state index contributed by atoms with van der Waals surface area (Å²) in [6.07, 6.45) is 12.2. The molecule has 0 spiro atoms. The van der Waals surface area contributed by atoms with Gasteiger partial charge in [-0.15, -0.1) is 0 Å². The lowest BCUT2D eigenvalue weighted by molar-refractivity contribution is -0.281. The molecule has 0 aromatic carbocycles. The average Bonchev–Trinajstić information content (AvgIpc) is 2.69. The number of carbonyl (C=O) groups excluding carboxylic acids is 2. The first kappa shape index (κ1) is 21.4. The van der Waals surface area contributed by atoms with Gasteiger partial charge in [-0.3, -0.25) is 9.59 Å². The van der Waals surface area contributed by atoms with Crippen LogP contribution >= 0.6 is 0 Å². The van der Waals surface area contributed by atoms with Crippen molar-refractivity contribution in [3.63, 3.8) is 0 Å². The van der Waals surface area contributed by atoms with Crippen LogP contribution in [0.2, 0.25) is 0 Å². The van der Waals surface area contributed by atoms with Gasteiger partial charge in [-0.1, -0.05) is 12.8 Å². The number of ketones is 1. The summed E-state index contributed by atoms with van der Waals surface area (Å²) in [5, 5.41) is 0. The number of rotatable bonds is 10. The largest absolute Gasteiger partial charge is 0.469 e. The van der Waals surface area contributed by atoms with E-state index in [0.29, 0.717) is 36.6 Å². The molecule has 2 rings (SSSR count). The summed E-state index contributed by atoms with van der Waals surface area (Å²) in [6.45, 7) is 0.695. The summed E-state index contributed by atoms with van der Waals surface area (Å²) in [7, 11) is 3.02. The second-order valence-electron chi connectivity index (χ2n) is 8.19. The van der Waals surface area contributed by atoms with Gasteiger partial charge >= 0.3 is 5.97 Å². The lowest BCUT2D eigenvalue weighted by Gasteiger charge is -2.28. The van der Waals surface area contributed by atoms with Gasteiger partial charge in [0.05, 0.1) is 26.7 Å². The average molecular weight is 369 g/mol. The first-order valence-electron chi connectivity index (χ1n) is 10.4. The van der Waals surface area contributed by atoms with E-state index in [4.69, 9.17) is 9.62 Å². The van der Waals surface area contributed by atoms with Crippen LogP contribution in [0.3, 0.4) is 0 Å². The Hall–Kier alpha value is -0.940. The van der Waals surface area contributed by atoms with Gasteiger partial charge in [-0.2, -0.15) is 0 Å². The number of esters is 1. The maximum atomic E-state index is 12.2. The summed E-state index contributed by atoms with van der Waals surface area (Å²) in [5.41, 5.74) is 0. The van der Waals surface area contributed by atoms with Crippen molar-refractivity contribution in [3.8, 4) is 0 Å². The van der Waals surface area contributed by atoms with Gasteiger partial charge in [0, 0.05) is 12.8 Å². The Morgan fingerprint density at radius 2 is 1.27 bits per heavy atom. The molecule has 0 aromatic rings. The lowest BCUT2D eigenvalue weighted by atomic mass is 9.78. The number of Topliss-reactive ketones (excluding diaryl/α,β-unsaturated/α-hetero) is 1. The van der Waals surface area contributed by atoms with E-state index in [2.05, 4.69) is 4.89 Å². The molecular weight excluding hydrogens is 332 g/mol. The third-order valence-corrected chi connectivity index (χ3v) is 6.43. The van der Waals surface area contributed by atoms with Crippen LogP contribution in [0.25, 0.3) is 0 Å². The maximum absolute atomic E-state index is 12.2. The second kappa shape index (κ2) is 11.7. The highest BCUT2D eigenvalue weighted by Crippen LogP contribution is 2.34. The highest BCUT2D eigenvalue weighted by atomic mass is 17.2. The summed E-state index contributed by atoms with van der Waals surface area (Å²) in [4.78, 5) is 33.5. The molecule has 150 valence electrons. The fourth-order valence-electron chi connectivity index (χ4n) is 4.56. The monoisotopic (exact) mass is 368 g/mol. The molecule has 0 bridgehead atoms. The van der Waals surface area contributed by atoms with Gasteiger partial charge in [0.25, 0.3) is 0 Å². The molecule has 0 amide bonds. The Bertz CT molecular complexity index is 420. The third-order valence-electron chi connectivity index (χ3n) is 6.43. The minimum atomic E-state index is -0.0666. The normalized spacial score (nSPS) is 29.3. The first-order chi connectivity index (χ1) is 12.6. The van der Waals surface area contributed by atoms with E-state index in [9.17, 15) is 9.59 Å². The predicted octanol–water partition coefficient (Wildman–Crippen LogP) is 4.48. The van der Waals surface area contributed by atoms with Gasteiger partial charge in [0.2, 0.25) is 0 Å². The summed E-state index contributed by atoms with van der Waals surface area (Å²) < 4.78 is 4.83. The smallest absolute Gasteiger partial charge is 0.308 e. The Balaban J connectivity index is 1.53. The van der Waals surface area contributed by atoms with Crippen LogP contribution in [0.15, 0.2) is 0 Å². The van der Waals surface area contributed by atoms with Crippen molar-refractivity contribution >= 4 is 11.8 Å². The Morgan fingerprint density at radius 1 is 0.769 bits per heavy atom. The number of methoxy groups -OCH3 is 1. The zero-order valence-electron chi connectivity index (χ0n) is 16.5. The molecule has 2 aliphatic carbocycles. The third kappa shape index (κ3) is 7.36. The highest BCUT2D eigenvalue weighted by Gasteiger charge is 2.27. The van der Waals surface area contributed by atoms with Gasteiger partial charge in [0.15, 0.2) is 0 Å². The zero-order valence-corrected chi connectivity index (χ0v) is 16.5. The van der Waals surface area contributed by atoms with Gasteiger partial charge in [0.1, 0.15) is 5.78 Å². The summed E-state index contributed by atoms with van der Waals surface area (Å²) in [6, 6.07) is 0. The van der Waals surface area contributed by atoms with E-state index in [1.807, 2.05) is 0 Å². The number of hydrogen-bond donors (Lipinski definition) is 0. The molecule has 0 aliphatic heterocycles. The molecule has 0 radical (unpaired) electrons. The molecule has 2 saturated carbocycles. The molecule has 0 saturated heterocycles.